The van der Waals surface area contributed by atoms with E-state index in [1.807, 2.05) is 24.3 Å². The summed E-state index contributed by atoms with van der Waals surface area (Å²) in [5, 5.41) is 11.0. The number of nitrogens with zero attached hydrogens (tertiary/aromatic N) is 3. The van der Waals surface area contributed by atoms with Crippen LogP contribution >= 0.6 is 0 Å². The van der Waals surface area contributed by atoms with Gasteiger partial charge in [-0.15, -0.1) is 5.10 Å². The molecular weight excluding hydrogens is 437 g/mol. The zero-order valence-corrected chi connectivity index (χ0v) is 23.0. The van der Waals surface area contributed by atoms with Gasteiger partial charge in [0, 0.05) is 0 Å². The molecule has 1 amide bonds. The Kier molecular flexibility index (Phi) is 7.09. The third-order valence-corrected chi connectivity index (χ3v) is 15.1. The second kappa shape index (κ2) is 8.53. The lowest BCUT2D eigenvalue weighted by molar-refractivity contribution is 0.229. The summed E-state index contributed by atoms with van der Waals surface area (Å²) in [7, 11) is -9.16. The van der Waals surface area contributed by atoms with Crippen LogP contribution in [0.5, 0.6) is 0 Å². The SMILES string of the molecule is C[Si](C)(C)O[Si](CNC(=O)n1nnc2ccccc21)(O[Si](C)(C)C)O[Si](C)(C)C. The lowest BCUT2D eigenvalue weighted by atomic mass is 10.3. The average Bonchev–Trinajstić information content (AvgIpc) is 2.91. The van der Waals surface area contributed by atoms with E-state index in [1.165, 1.54) is 4.68 Å². The Labute approximate surface area is 177 Å². The molecule has 1 N–H and O–H groups in total. The van der Waals surface area contributed by atoms with Crippen LogP contribution in [0.25, 0.3) is 11.0 Å². The van der Waals surface area contributed by atoms with Crippen molar-refractivity contribution < 1.29 is 17.1 Å². The predicted octanol–water partition coefficient (Wildman–Crippen LogP) is 4.02. The highest BCUT2D eigenvalue weighted by Gasteiger charge is 2.50. The molecule has 0 aliphatic carbocycles. The van der Waals surface area contributed by atoms with E-state index in [9.17, 15) is 4.79 Å². The molecule has 0 fully saturated rings. The number of carbonyl (C=O) groups excluding carboxylic acids is 1. The smallest absolute Gasteiger partial charge is 0.416 e. The van der Waals surface area contributed by atoms with Crippen LogP contribution in [0.2, 0.25) is 58.9 Å². The lowest BCUT2D eigenvalue weighted by Gasteiger charge is -2.42. The molecule has 0 atom stereocenters. The van der Waals surface area contributed by atoms with Crippen LogP contribution in [0.3, 0.4) is 0 Å². The Morgan fingerprint density at radius 3 is 1.86 bits per heavy atom. The topological polar surface area (TPSA) is 87.5 Å². The van der Waals surface area contributed by atoms with E-state index < -0.39 is 33.8 Å². The molecule has 2 rings (SSSR count). The van der Waals surface area contributed by atoms with Crippen LogP contribution in [-0.4, -0.2) is 60.9 Å². The first-order valence-corrected chi connectivity index (χ1v) is 21.9. The van der Waals surface area contributed by atoms with Crippen molar-refractivity contribution in [1.29, 1.82) is 0 Å². The fourth-order valence-electron chi connectivity index (χ4n) is 2.85. The second-order valence-corrected chi connectivity index (χ2v) is 26.8. The Hall–Kier alpha value is -1.16. The molecule has 162 valence electrons. The predicted molar refractivity (Wildman–Crippen MR) is 125 cm³/mol. The first-order chi connectivity index (χ1) is 13.1. The fraction of sp³-hybridized carbons (Fsp3) is 0.588. The largest absolute Gasteiger partial charge is 0.489 e. The molecule has 29 heavy (non-hydrogen) atoms. The maximum absolute atomic E-state index is 12.9. The lowest BCUT2D eigenvalue weighted by Crippen LogP contribution is -2.65. The number of amides is 1. The van der Waals surface area contributed by atoms with Crippen LogP contribution in [-0.2, 0) is 12.3 Å². The third kappa shape index (κ3) is 7.55. The molecule has 0 radical (unpaired) electrons. The number of carbonyl (C=O) groups is 1. The van der Waals surface area contributed by atoms with Crippen LogP contribution in [0.15, 0.2) is 24.3 Å². The van der Waals surface area contributed by atoms with Gasteiger partial charge in [0.15, 0.2) is 25.0 Å². The molecule has 0 bridgehead atoms. The van der Waals surface area contributed by atoms with Crippen molar-refractivity contribution >= 4 is 50.8 Å². The zero-order valence-electron chi connectivity index (χ0n) is 19.0. The van der Waals surface area contributed by atoms with Crippen molar-refractivity contribution in [2.45, 2.75) is 58.9 Å². The highest BCUT2D eigenvalue weighted by atomic mass is 28.5. The molecule has 2 aromatic rings. The normalized spacial score (nSPS) is 13.7. The molecule has 0 spiro atoms. The van der Waals surface area contributed by atoms with Crippen LogP contribution in [0.4, 0.5) is 4.79 Å². The van der Waals surface area contributed by atoms with Gasteiger partial charge in [0.05, 0.1) is 11.7 Å². The van der Waals surface area contributed by atoms with Gasteiger partial charge in [0.25, 0.3) is 0 Å². The number of aromatic nitrogens is 3. The number of hydrogen-bond acceptors (Lipinski definition) is 6. The van der Waals surface area contributed by atoms with Gasteiger partial charge in [-0.2, -0.15) is 4.68 Å². The van der Waals surface area contributed by atoms with E-state index in [-0.39, 0.29) is 12.2 Å². The maximum atomic E-state index is 12.9. The molecule has 0 aliphatic rings. The van der Waals surface area contributed by atoms with Crippen LogP contribution in [0.1, 0.15) is 0 Å². The van der Waals surface area contributed by atoms with Crippen molar-refractivity contribution in [1.82, 2.24) is 20.3 Å². The van der Waals surface area contributed by atoms with Crippen molar-refractivity contribution in [3.8, 4) is 0 Å². The van der Waals surface area contributed by atoms with Gasteiger partial charge >= 0.3 is 14.8 Å². The number of hydrogen-bond donors (Lipinski definition) is 1. The van der Waals surface area contributed by atoms with Gasteiger partial charge in [-0.1, -0.05) is 17.3 Å². The van der Waals surface area contributed by atoms with Gasteiger partial charge in [-0.25, -0.2) is 4.79 Å². The molecule has 1 aromatic heterocycles. The standard InChI is InChI=1S/C17H34N4O4Si4/c1-26(2,3)23-29(24-27(4,5)6,25-28(7,8)9)14-18-17(22)21-16-13-11-10-12-15(16)19-20-21/h10-13H,14H2,1-9H3,(H,18,22). The van der Waals surface area contributed by atoms with E-state index >= 15 is 0 Å². The number of fused-ring (bicyclic) bond motifs is 1. The van der Waals surface area contributed by atoms with Crippen molar-refractivity contribution in [3.05, 3.63) is 24.3 Å². The van der Waals surface area contributed by atoms with Crippen molar-refractivity contribution in [2.75, 3.05) is 6.17 Å². The van der Waals surface area contributed by atoms with E-state index in [2.05, 4.69) is 74.6 Å². The Morgan fingerprint density at radius 1 is 0.897 bits per heavy atom. The second-order valence-electron chi connectivity index (χ2n) is 9.97. The van der Waals surface area contributed by atoms with E-state index in [1.54, 1.807) is 0 Å². The minimum absolute atomic E-state index is 0.207. The first-order valence-electron chi connectivity index (χ1n) is 9.78. The number of nitrogens with one attached hydrogen (secondary N) is 1. The van der Waals surface area contributed by atoms with E-state index in [0.29, 0.717) is 11.0 Å². The van der Waals surface area contributed by atoms with Gasteiger partial charge in [-0.05, 0) is 71.1 Å². The molecule has 0 saturated carbocycles. The monoisotopic (exact) mass is 470 g/mol. The summed E-state index contributed by atoms with van der Waals surface area (Å²) >= 11 is 0. The highest BCUT2D eigenvalue weighted by Crippen LogP contribution is 2.25. The van der Waals surface area contributed by atoms with E-state index in [0.717, 1.165) is 0 Å². The Balaban J connectivity index is 2.33. The Morgan fingerprint density at radius 2 is 1.38 bits per heavy atom. The molecule has 0 aliphatic heterocycles. The van der Waals surface area contributed by atoms with Crippen molar-refractivity contribution in [2.24, 2.45) is 0 Å². The third-order valence-electron chi connectivity index (χ3n) is 3.39. The van der Waals surface area contributed by atoms with Gasteiger partial charge in [-0.3, -0.25) is 0 Å². The summed E-state index contributed by atoms with van der Waals surface area (Å²) in [6.45, 7) is 19.0. The van der Waals surface area contributed by atoms with Crippen molar-refractivity contribution in [3.63, 3.8) is 0 Å². The first kappa shape index (κ1) is 24.1. The molecule has 0 saturated heterocycles. The average molecular weight is 471 g/mol. The van der Waals surface area contributed by atoms with Gasteiger partial charge in [0.1, 0.15) is 5.52 Å². The molecule has 12 heteroatoms. The number of para-hydroxylation sites is 1. The molecule has 1 aromatic carbocycles. The molecule has 0 unspecified atom stereocenters. The van der Waals surface area contributed by atoms with Crippen LogP contribution in [0, 0.1) is 0 Å². The summed E-state index contributed by atoms with van der Waals surface area (Å²) in [5.41, 5.74) is 1.32. The summed E-state index contributed by atoms with van der Waals surface area (Å²) in [5.74, 6) is 0. The van der Waals surface area contributed by atoms with Gasteiger partial charge < -0.3 is 17.7 Å². The number of benzene rings is 1. The quantitative estimate of drug-likeness (QED) is 0.586. The summed E-state index contributed by atoms with van der Waals surface area (Å²) < 4.78 is 21.0. The van der Waals surface area contributed by atoms with Gasteiger partial charge in [0.2, 0.25) is 0 Å². The summed E-state index contributed by atoms with van der Waals surface area (Å²) in [6.07, 6.45) is 0.207. The zero-order chi connectivity index (χ0) is 22.1. The maximum Gasteiger partial charge on any atom is 0.489 e. The number of rotatable bonds is 8. The summed E-state index contributed by atoms with van der Waals surface area (Å²) in [6, 6.07) is 6.99. The molecule has 8 nitrogen and oxygen atoms in total. The van der Waals surface area contributed by atoms with E-state index in [4.69, 9.17) is 12.3 Å². The Bertz CT molecular complexity index is 815. The van der Waals surface area contributed by atoms with Crippen LogP contribution < -0.4 is 5.32 Å². The minimum atomic E-state index is -3.15. The minimum Gasteiger partial charge on any atom is -0.416 e. The molecular formula is C17H34N4O4Si4. The summed E-state index contributed by atoms with van der Waals surface area (Å²) in [4.78, 5) is 12.9. The fourth-order valence-corrected chi connectivity index (χ4v) is 16.9. The molecule has 1 heterocycles. The highest BCUT2D eigenvalue weighted by molar-refractivity contribution is 6.90.